The summed E-state index contributed by atoms with van der Waals surface area (Å²) in [5.74, 6) is 2.29. The Morgan fingerprint density at radius 3 is 2.50 bits per heavy atom. The van der Waals surface area contributed by atoms with Gasteiger partial charge in [-0.2, -0.15) is 10.2 Å². The highest BCUT2D eigenvalue weighted by Crippen LogP contribution is 2.37. The molecule has 1 aliphatic carbocycles. The van der Waals surface area contributed by atoms with Gasteiger partial charge in [-0.3, -0.25) is 10.2 Å². The van der Waals surface area contributed by atoms with E-state index in [2.05, 4.69) is 32.3 Å². The lowest BCUT2D eigenvalue weighted by Gasteiger charge is -2.22. The molecule has 0 unspecified atom stereocenters. The van der Waals surface area contributed by atoms with Gasteiger partial charge in [-0.1, -0.05) is 19.3 Å². The summed E-state index contributed by atoms with van der Waals surface area (Å²) in [5, 5.41) is 10.8. The van der Waals surface area contributed by atoms with E-state index in [1.165, 1.54) is 6.42 Å². The smallest absolute Gasteiger partial charge is 0.333 e. The molecule has 22 heavy (non-hydrogen) atoms. The molecule has 0 aromatic rings. The van der Waals surface area contributed by atoms with Gasteiger partial charge in [0.1, 0.15) is 0 Å². The molecule has 0 bridgehead atoms. The average molecular weight is 305 g/mol. The summed E-state index contributed by atoms with van der Waals surface area (Å²) in [4.78, 5) is 23.4. The van der Waals surface area contributed by atoms with Crippen molar-refractivity contribution in [1.82, 2.24) is 16.2 Å². The van der Waals surface area contributed by atoms with E-state index in [9.17, 15) is 9.59 Å². The first kappa shape index (κ1) is 16.3. The highest BCUT2D eigenvalue weighted by atomic mass is 16.2. The Kier molecular flexibility index (Phi) is 5.75. The topological polar surface area (TPSA) is 95.0 Å². The molecule has 3 N–H and O–H groups in total. The molecule has 0 saturated heterocycles. The van der Waals surface area contributed by atoms with Crippen molar-refractivity contribution < 1.29 is 9.59 Å². The Labute approximate surface area is 130 Å². The van der Waals surface area contributed by atoms with E-state index < -0.39 is 5.66 Å². The molecule has 0 radical (unpaired) electrons. The van der Waals surface area contributed by atoms with Crippen molar-refractivity contribution in [1.29, 1.82) is 0 Å². The molecule has 2 rings (SSSR count). The maximum atomic E-state index is 11.7. The largest absolute Gasteiger partial charge is 0.334 e. The van der Waals surface area contributed by atoms with E-state index in [-0.39, 0.29) is 24.4 Å². The van der Waals surface area contributed by atoms with Gasteiger partial charge in [0.15, 0.2) is 5.66 Å². The van der Waals surface area contributed by atoms with E-state index in [0.717, 1.165) is 25.7 Å². The fourth-order valence-corrected chi connectivity index (χ4v) is 2.64. The van der Waals surface area contributed by atoms with Crippen LogP contribution in [0.1, 0.15) is 57.8 Å². The molecule has 0 aromatic heterocycles. The van der Waals surface area contributed by atoms with E-state index in [4.69, 9.17) is 6.42 Å². The Hall–Kier alpha value is -2.10. The lowest BCUT2D eigenvalue weighted by molar-refractivity contribution is -0.122. The highest BCUT2D eigenvalue weighted by Gasteiger charge is 2.39. The number of terminal acetylenes is 1. The van der Waals surface area contributed by atoms with Crippen molar-refractivity contribution in [2.75, 3.05) is 0 Å². The molecule has 120 valence electrons. The zero-order valence-corrected chi connectivity index (χ0v) is 12.7. The molecule has 1 heterocycles. The van der Waals surface area contributed by atoms with Crippen molar-refractivity contribution in [3.8, 4) is 12.3 Å². The quantitative estimate of drug-likeness (QED) is 0.517. The SMILES string of the molecule is C#CCCC1(CCC(=O)NNC(=O)NC2CCCCC2)N=N1. The first-order valence-corrected chi connectivity index (χ1v) is 7.86. The van der Waals surface area contributed by atoms with Crippen LogP contribution >= 0.6 is 0 Å². The van der Waals surface area contributed by atoms with Crippen molar-refractivity contribution in [2.45, 2.75) is 69.5 Å². The number of hydrogen-bond acceptors (Lipinski definition) is 4. The van der Waals surface area contributed by atoms with Crippen molar-refractivity contribution >= 4 is 11.9 Å². The molecule has 1 saturated carbocycles. The lowest BCUT2D eigenvalue weighted by Crippen LogP contribution is -2.50. The summed E-state index contributed by atoms with van der Waals surface area (Å²) in [7, 11) is 0. The Morgan fingerprint density at radius 1 is 1.14 bits per heavy atom. The fourth-order valence-electron chi connectivity index (χ4n) is 2.64. The second-order valence-corrected chi connectivity index (χ2v) is 5.87. The van der Waals surface area contributed by atoms with Crippen LogP contribution in [0, 0.1) is 12.3 Å². The fraction of sp³-hybridized carbons (Fsp3) is 0.733. The number of nitrogens with zero attached hydrogens (tertiary/aromatic N) is 2. The number of amides is 3. The molecule has 1 aliphatic heterocycles. The second-order valence-electron chi connectivity index (χ2n) is 5.87. The summed E-state index contributed by atoms with van der Waals surface area (Å²) in [6.07, 6.45) is 12.8. The Bertz CT molecular complexity index is 471. The van der Waals surface area contributed by atoms with E-state index >= 15 is 0 Å². The lowest BCUT2D eigenvalue weighted by atomic mass is 9.96. The normalized spacial score (nSPS) is 19.0. The monoisotopic (exact) mass is 305 g/mol. The van der Waals surface area contributed by atoms with Crippen LogP contribution in [0.4, 0.5) is 4.79 Å². The summed E-state index contributed by atoms with van der Waals surface area (Å²) in [6, 6.07) is -0.148. The van der Waals surface area contributed by atoms with Gasteiger partial charge in [-0.15, -0.1) is 12.3 Å². The third-order valence-corrected chi connectivity index (χ3v) is 4.06. The van der Waals surface area contributed by atoms with Crippen LogP contribution in [-0.4, -0.2) is 23.6 Å². The molecular weight excluding hydrogens is 282 g/mol. The van der Waals surface area contributed by atoms with Crippen LogP contribution < -0.4 is 16.2 Å². The molecular formula is C15H23N5O2. The number of carbonyl (C=O) groups is 2. The first-order chi connectivity index (χ1) is 10.6. The van der Waals surface area contributed by atoms with Gasteiger partial charge in [0.2, 0.25) is 5.91 Å². The number of nitrogens with one attached hydrogen (secondary N) is 3. The third-order valence-electron chi connectivity index (χ3n) is 4.06. The van der Waals surface area contributed by atoms with Crippen LogP contribution in [0.3, 0.4) is 0 Å². The molecule has 0 spiro atoms. The summed E-state index contributed by atoms with van der Waals surface area (Å²) in [5.41, 5.74) is 4.33. The summed E-state index contributed by atoms with van der Waals surface area (Å²) < 4.78 is 0. The van der Waals surface area contributed by atoms with Gasteiger partial charge in [-0.05, 0) is 12.8 Å². The van der Waals surface area contributed by atoms with Crippen molar-refractivity contribution in [3.63, 3.8) is 0 Å². The van der Waals surface area contributed by atoms with Gasteiger partial charge >= 0.3 is 6.03 Å². The van der Waals surface area contributed by atoms with Crippen LogP contribution in [-0.2, 0) is 4.79 Å². The maximum absolute atomic E-state index is 11.7. The zero-order valence-electron chi connectivity index (χ0n) is 12.7. The van der Waals surface area contributed by atoms with E-state index in [1.807, 2.05) is 0 Å². The van der Waals surface area contributed by atoms with Crippen LogP contribution in [0.5, 0.6) is 0 Å². The third kappa shape index (κ3) is 5.35. The number of rotatable bonds is 6. The zero-order chi connectivity index (χ0) is 15.8. The number of carbonyl (C=O) groups excluding carboxylic acids is 2. The Balaban J connectivity index is 1.57. The van der Waals surface area contributed by atoms with E-state index in [1.54, 1.807) is 0 Å². The number of hydrazine groups is 1. The molecule has 1 fully saturated rings. The Morgan fingerprint density at radius 2 is 1.86 bits per heavy atom. The van der Waals surface area contributed by atoms with Crippen molar-refractivity contribution in [3.05, 3.63) is 0 Å². The number of urea groups is 1. The molecule has 3 amide bonds. The maximum Gasteiger partial charge on any atom is 0.333 e. The first-order valence-electron chi connectivity index (χ1n) is 7.86. The van der Waals surface area contributed by atoms with Crippen LogP contribution in [0.2, 0.25) is 0 Å². The minimum Gasteiger partial charge on any atom is -0.334 e. The van der Waals surface area contributed by atoms with Gasteiger partial charge < -0.3 is 5.32 Å². The van der Waals surface area contributed by atoms with Gasteiger partial charge in [-0.25, -0.2) is 10.2 Å². The second kappa shape index (κ2) is 7.78. The van der Waals surface area contributed by atoms with Gasteiger partial charge in [0, 0.05) is 31.7 Å². The predicted octanol–water partition coefficient (Wildman–Crippen LogP) is 2.01. The molecule has 0 atom stereocenters. The minimum absolute atomic E-state index is 0.210. The number of hydrogen-bond donors (Lipinski definition) is 3. The van der Waals surface area contributed by atoms with Crippen LogP contribution in [0.15, 0.2) is 10.2 Å². The van der Waals surface area contributed by atoms with E-state index in [0.29, 0.717) is 19.3 Å². The molecule has 7 heteroatoms. The molecule has 7 nitrogen and oxygen atoms in total. The van der Waals surface area contributed by atoms with Gasteiger partial charge in [0.05, 0.1) is 0 Å². The van der Waals surface area contributed by atoms with Crippen molar-refractivity contribution in [2.24, 2.45) is 10.2 Å². The molecule has 0 aromatic carbocycles. The van der Waals surface area contributed by atoms with Crippen LogP contribution in [0.25, 0.3) is 0 Å². The standard InChI is InChI=1S/C15H23N5O2/c1-2-3-10-15(19-20-15)11-9-13(21)17-18-14(22)16-12-7-5-4-6-8-12/h1,12H,3-11H2,(H,17,21)(H2,16,18,22). The van der Waals surface area contributed by atoms with Gasteiger partial charge in [0.25, 0.3) is 0 Å². The predicted molar refractivity (Wildman–Crippen MR) is 81.6 cm³/mol. The highest BCUT2D eigenvalue weighted by molar-refractivity contribution is 5.81. The average Bonchev–Trinajstić information content (AvgIpc) is 3.30. The summed E-state index contributed by atoms with van der Waals surface area (Å²) in [6.45, 7) is 0. The minimum atomic E-state index is -0.464. The molecule has 2 aliphatic rings. The summed E-state index contributed by atoms with van der Waals surface area (Å²) >= 11 is 0.